The standard InChI is InChI=1S/3C8H12N2/c3*9-10-7-6-8-4-2-1-3-5-8/h3*1-5,10H,6-7,9H2. The topological polar surface area (TPSA) is 114 Å². The van der Waals surface area contributed by atoms with Crippen LogP contribution in [0, 0.1) is 0 Å². The van der Waals surface area contributed by atoms with Crippen LogP contribution in [0.2, 0.25) is 0 Å². The van der Waals surface area contributed by atoms with Crippen LogP contribution in [0.3, 0.4) is 0 Å². The maximum atomic E-state index is 5.13. The second kappa shape index (κ2) is 18.4. The van der Waals surface area contributed by atoms with E-state index in [-0.39, 0.29) is 0 Å². The molecule has 0 saturated heterocycles. The monoisotopic (exact) mass is 408 g/mol. The predicted octanol–water partition coefficient (Wildman–Crippen LogP) is 2.08. The van der Waals surface area contributed by atoms with Crippen LogP contribution >= 0.6 is 0 Å². The Morgan fingerprint density at radius 3 is 0.833 bits per heavy atom. The van der Waals surface area contributed by atoms with Gasteiger partial charge in [-0.3, -0.25) is 33.8 Å². The number of nitrogens with one attached hydrogen (secondary N) is 3. The van der Waals surface area contributed by atoms with Gasteiger partial charge in [-0.1, -0.05) is 91.0 Å². The largest absolute Gasteiger partial charge is 0.271 e. The zero-order chi connectivity index (χ0) is 21.7. The molecule has 0 aliphatic rings. The van der Waals surface area contributed by atoms with Gasteiger partial charge in [-0.2, -0.15) is 0 Å². The van der Waals surface area contributed by atoms with Crippen LogP contribution in [0.25, 0.3) is 0 Å². The molecule has 162 valence electrons. The summed E-state index contributed by atoms with van der Waals surface area (Å²) in [7, 11) is 0. The summed E-state index contributed by atoms with van der Waals surface area (Å²) >= 11 is 0. The summed E-state index contributed by atoms with van der Waals surface area (Å²) in [6, 6.07) is 30.8. The molecule has 9 N–H and O–H groups in total. The van der Waals surface area contributed by atoms with E-state index >= 15 is 0 Å². The van der Waals surface area contributed by atoms with Crippen molar-refractivity contribution in [2.24, 2.45) is 17.5 Å². The highest BCUT2D eigenvalue weighted by molar-refractivity contribution is 5.16. The van der Waals surface area contributed by atoms with Crippen molar-refractivity contribution in [3.63, 3.8) is 0 Å². The number of hydrogen-bond donors (Lipinski definition) is 6. The Morgan fingerprint density at radius 2 is 0.633 bits per heavy atom. The molecule has 0 saturated carbocycles. The Morgan fingerprint density at radius 1 is 0.400 bits per heavy atom. The Balaban J connectivity index is 0.000000225. The summed E-state index contributed by atoms with van der Waals surface area (Å²) in [5.74, 6) is 15.4. The fourth-order valence-corrected chi connectivity index (χ4v) is 2.58. The highest BCUT2D eigenvalue weighted by Crippen LogP contribution is 1.98. The van der Waals surface area contributed by atoms with Crippen LogP contribution < -0.4 is 33.8 Å². The normalized spacial score (nSPS) is 9.70. The van der Waals surface area contributed by atoms with E-state index in [1.807, 2.05) is 54.6 Å². The van der Waals surface area contributed by atoms with E-state index in [0.717, 1.165) is 38.9 Å². The molecule has 3 rings (SSSR count). The van der Waals surface area contributed by atoms with Crippen LogP contribution in [0.1, 0.15) is 16.7 Å². The highest BCUT2D eigenvalue weighted by Gasteiger charge is 1.88. The van der Waals surface area contributed by atoms with E-state index in [1.165, 1.54) is 16.7 Å². The first-order chi connectivity index (χ1) is 14.8. The third-order valence-electron chi connectivity index (χ3n) is 4.20. The molecule has 0 heterocycles. The summed E-state index contributed by atoms with van der Waals surface area (Å²) in [6.45, 7) is 2.51. The van der Waals surface area contributed by atoms with Gasteiger partial charge in [0.25, 0.3) is 0 Å². The fraction of sp³-hybridized carbons (Fsp3) is 0.250. The zero-order valence-corrected chi connectivity index (χ0v) is 17.6. The lowest BCUT2D eigenvalue weighted by Crippen LogP contribution is -2.24. The lowest BCUT2D eigenvalue weighted by atomic mass is 10.2. The van der Waals surface area contributed by atoms with Crippen molar-refractivity contribution in [3.8, 4) is 0 Å². The summed E-state index contributed by atoms with van der Waals surface area (Å²) < 4.78 is 0. The second-order valence-electron chi connectivity index (χ2n) is 6.57. The molecule has 0 amide bonds. The first kappa shape index (κ1) is 25.5. The molecule has 0 fully saturated rings. The minimum Gasteiger partial charge on any atom is -0.271 e. The van der Waals surface area contributed by atoms with Crippen molar-refractivity contribution in [1.82, 2.24) is 16.3 Å². The molecule has 3 aromatic carbocycles. The van der Waals surface area contributed by atoms with E-state index in [0.29, 0.717) is 0 Å². The molecule has 0 aromatic heterocycles. The molecule has 0 unspecified atom stereocenters. The Hall–Kier alpha value is -2.58. The summed E-state index contributed by atoms with van der Waals surface area (Å²) in [5.41, 5.74) is 11.8. The third-order valence-corrected chi connectivity index (χ3v) is 4.20. The fourth-order valence-electron chi connectivity index (χ4n) is 2.58. The number of benzene rings is 3. The smallest absolute Gasteiger partial charge is 0.0138 e. The average molecular weight is 409 g/mol. The van der Waals surface area contributed by atoms with E-state index in [9.17, 15) is 0 Å². The number of hydrazine groups is 3. The Kier molecular flexibility index (Phi) is 15.7. The summed E-state index contributed by atoms with van der Waals surface area (Å²) in [5, 5.41) is 0. The van der Waals surface area contributed by atoms with Crippen LogP contribution in [-0.4, -0.2) is 19.6 Å². The molecule has 3 aromatic rings. The lowest BCUT2D eigenvalue weighted by Gasteiger charge is -1.97. The summed E-state index contributed by atoms with van der Waals surface area (Å²) in [4.78, 5) is 0. The van der Waals surface area contributed by atoms with E-state index in [2.05, 4.69) is 52.7 Å². The van der Waals surface area contributed by atoms with Crippen molar-refractivity contribution in [2.45, 2.75) is 19.3 Å². The minimum absolute atomic E-state index is 0.837. The van der Waals surface area contributed by atoms with Gasteiger partial charge in [0, 0.05) is 19.6 Å². The maximum absolute atomic E-state index is 5.13. The molecule has 0 spiro atoms. The van der Waals surface area contributed by atoms with Gasteiger partial charge in [-0.15, -0.1) is 0 Å². The van der Waals surface area contributed by atoms with Crippen molar-refractivity contribution in [2.75, 3.05) is 19.6 Å². The van der Waals surface area contributed by atoms with Crippen LogP contribution in [0.15, 0.2) is 91.0 Å². The van der Waals surface area contributed by atoms with Gasteiger partial charge >= 0.3 is 0 Å². The third kappa shape index (κ3) is 13.6. The molecular formula is C24H36N6. The van der Waals surface area contributed by atoms with Crippen LogP contribution in [-0.2, 0) is 19.3 Å². The molecule has 0 aliphatic carbocycles. The molecular weight excluding hydrogens is 372 g/mol. The zero-order valence-electron chi connectivity index (χ0n) is 17.6. The Labute approximate surface area is 180 Å². The maximum Gasteiger partial charge on any atom is 0.0138 e. The van der Waals surface area contributed by atoms with Crippen molar-refractivity contribution < 1.29 is 0 Å². The number of rotatable bonds is 9. The van der Waals surface area contributed by atoms with E-state index in [1.54, 1.807) is 0 Å². The molecule has 0 aliphatic heterocycles. The van der Waals surface area contributed by atoms with Gasteiger partial charge in [0.2, 0.25) is 0 Å². The predicted molar refractivity (Wildman–Crippen MR) is 127 cm³/mol. The summed E-state index contributed by atoms with van der Waals surface area (Å²) in [6.07, 6.45) is 2.99. The van der Waals surface area contributed by atoms with Gasteiger partial charge in [0.05, 0.1) is 0 Å². The molecule has 0 atom stereocenters. The van der Waals surface area contributed by atoms with Gasteiger partial charge < -0.3 is 0 Å². The molecule has 6 heteroatoms. The second-order valence-corrected chi connectivity index (χ2v) is 6.57. The van der Waals surface area contributed by atoms with Gasteiger partial charge in [-0.25, -0.2) is 0 Å². The molecule has 6 nitrogen and oxygen atoms in total. The first-order valence-electron chi connectivity index (χ1n) is 10.2. The van der Waals surface area contributed by atoms with Crippen molar-refractivity contribution in [1.29, 1.82) is 0 Å². The molecule has 30 heavy (non-hydrogen) atoms. The highest BCUT2D eigenvalue weighted by atomic mass is 15.2. The quantitative estimate of drug-likeness (QED) is 0.239. The SMILES string of the molecule is NNCCc1ccccc1.NNCCc1ccccc1.NNCCc1ccccc1. The van der Waals surface area contributed by atoms with Crippen LogP contribution in [0.4, 0.5) is 0 Å². The van der Waals surface area contributed by atoms with Gasteiger partial charge in [-0.05, 0) is 36.0 Å². The van der Waals surface area contributed by atoms with Gasteiger partial charge in [0.1, 0.15) is 0 Å². The van der Waals surface area contributed by atoms with Crippen LogP contribution in [0.5, 0.6) is 0 Å². The Bertz CT molecular complexity index is 619. The van der Waals surface area contributed by atoms with E-state index in [4.69, 9.17) is 17.5 Å². The van der Waals surface area contributed by atoms with E-state index < -0.39 is 0 Å². The molecule has 0 bridgehead atoms. The van der Waals surface area contributed by atoms with Crippen molar-refractivity contribution >= 4 is 0 Å². The first-order valence-corrected chi connectivity index (χ1v) is 10.2. The average Bonchev–Trinajstić information content (AvgIpc) is 2.83. The number of nitrogens with two attached hydrogens (primary N) is 3. The minimum atomic E-state index is 0.837. The van der Waals surface area contributed by atoms with Crippen molar-refractivity contribution in [3.05, 3.63) is 108 Å². The lowest BCUT2D eigenvalue weighted by molar-refractivity contribution is 0.728. The number of hydrogen-bond acceptors (Lipinski definition) is 6. The molecule has 0 radical (unpaired) electrons. The van der Waals surface area contributed by atoms with Gasteiger partial charge in [0.15, 0.2) is 0 Å².